The molecule has 0 aliphatic heterocycles. The summed E-state index contributed by atoms with van der Waals surface area (Å²) >= 11 is 0. The average molecular weight is 252 g/mol. The van der Waals surface area contributed by atoms with Gasteiger partial charge in [0.05, 0.1) is 4.90 Å². The number of aryl methyl sites for hydroxylation is 2. The number of aromatic carboxylic acids is 1. The molecule has 0 aliphatic rings. The van der Waals surface area contributed by atoms with Crippen LogP contribution >= 0.6 is 0 Å². The highest BCUT2D eigenvalue weighted by molar-refractivity contribution is 7.83. The van der Waals surface area contributed by atoms with Crippen LogP contribution in [0, 0.1) is 6.92 Å². The molecule has 0 fully saturated rings. The van der Waals surface area contributed by atoms with E-state index in [2.05, 4.69) is 0 Å². The molecule has 90 valence electrons. The number of aromatic nitrogens is 1. The van der Waals surface area contributed by atoms with Crippen molar-refractivity contribution < 1.29 is 14.1 Å². The summed E-state index contributed by atoms with van der Waals surface area (Å²) in [5.41, 5.74) is 1.65. The first-order chi connectivity index (χ1) is 7.93. The van der Waals surface area contributed by atoms with Gasteiger partial charge in [-0.2, -0.15) is 0 Å². The van der Waals surface area contributed by atoms with Gasteiger partial charge in [-0.25, -0.2) is 14.1 Å². The Morgan fingerprint density at radius 3 is 2.65 bits per heavy atom. The van der Waals surface area contributed by atoms with E-state index in [1.165, 1.54) is 4.57 Å². The van der Waals surface area contributed by atoms with Gasteiger partial charge in [0.25, 0.3) is 0 Å². The molecule has 1 heterocycles. The van der Waals surface area contributed by atoms with Gasteiger partial charge in [-0.3, -0.25) is 0 Å². The standard InChI is InChI=1S/C11H12N2O3S/c1-6-3-4-8-7(5-6)10(17(12)16)9(11(14)15)13(8)2/h3-5H,12H2,1-2H3,(H,14,15). The van der Waals surface area contributed by atoms with Gasteiger partial charge in [0.1, 0.15) is 16.7 Å². The number of rotatable bonds is 2. The molecule has 1 atom stereocenters. The van der Waals surface area contributed by atoms with Crippen molar-refractivity contribution in [3.05, 3.63) is 29.5 Å². The van der Waals surface area contributed by atoms with Crippen LogP contribution in [0.25, 0.3) is 10.9 Å². The van der Waals surface area contributed by atoms with Crippen molar-refractivity contribution in [2.75, 3.05) is 0 Å². The van der Waals surface area contributed by atoms with Crippen LogP contribution in [0.3, 0.4) is 0 Å². The second kappa shape index (κ2) is 3.97. The first kappa shape index (κ1) is 11.8. The molecule has 0 saturated heterocycles. The number of fused-ring (bicyclic) bond motifs is 1. The zero-order chi connectivity index (χ0) is 12.7. The van der Waals surface area contributed by atoms with E-state index >= 15 is 0 Å². The molecular weight excluding hydrogens is 240 g/mol. The molecule has 2 aromatic rings. The van der Waals surface area contributed by atoms with Crippen molar-refractivity contribution in [3.63, 3.8) is 0 Å². The maximum Gasteiger partial charge on any atom is 0.353 e. The summed E-state index contributed by atoms with van der Waals surface area (Å²) in [6.45, 7) is 1.89. The molecular formula is C11H12N2O3S. The minimum atomic E-state index is -1.82. The third-order valence-electron chi connectivity index (χ3n) is 2.71. The molecule has 3 N–H and O–H groups in total. The minimum Gasteiger partial charge on any atom is -0.477 e. The highest BCUT2D eigenvalue weighted by atomic mass is 32.2. The number of benzene rings is 1. The predicted octanol–water partition coefficient (Wildman–Crippen LogP) is 1.17. The maximum atomic E-state index is 11.5. The Morgan fingerprint density at radius 1 is 1.47 bits per heavy atom. The lowest BCUT2D eigenvalue weighted by atomic mass is 10.2. The Hall–Kier alpha value is -1.66. The summed E-state index contributed by atoms with van der Waals surface area (Å²) < 4.78 is 13.0. The van der Waals surface area contributed by atoms with E-state index in [4.69, 9.17) is 10.2 Å². The highest BCUT2D eigenvalue weighted by Crippen LogP contribution is 2.28. The quantitative estimate of drug-likeness (QED) is 0.841. The van der Waals surface area contributed by atoms with Gasteiger partial charge in [-0.05, 0) is 19.1 Å². The molecule has 1 aromatic carbocycles. The largest absolute Gasteiger partial charge is 0.477 e. The lowest BCUT2D eigenvalue weighted by Crippen LogP contribution is -2.11. The monoisotopic (exact) mass is 252 g/mol. The van der Waals surface area contributed by atoms with E-state index in [9.17, 15) is 9.00 Å². The van der Waals surface area contributed by atoms with Crippen LogP contribution in [0.5, 0.6) is 0 Å². The van der Waals surface area contributed by atoms with Crippen LogP contribution in [0.15, 0.2) is 23.1 Å². The van der Waals surface area contributed by atoms with Crippen molar-refractivity contribution in [2.45, 2.75) is 11.8 Å². The van der Waals surface area contributed by atoms with Gasteiger partial charge in [0.2, 0.25) is 0 Å². The first-order valence-corrected chi connectivity index (χ1v) is 6.13. The second-order valence-electron chi connectivity index (χ2n) is 3.86. The number of carboxylic acids is 1. The Bertz CT molecular complexity index is 646. The zero-order valence-electron chi connectivity index (χ0n) is 9.43. The number of nitrogens with two attached hydrogens (primary N) is 1. The summed E-state index contributed by atoms with van der Waals surface area (Å²) in [6.07, 6.45) is 0. The molecule has 17 heavy (non-hydrogen) atoms. The van der Waals surface area contributed by atoms with Crippen molar-refractivity contribution in [1.29, 1.82) is 0 Å². The van der Waals surface area contributed by atoms with Crippen molar-refractivity contribution >= 4 is 27.9 Å². The van der Waals surface area contributed by atoms with E-state index in [1.54, 1.807) is 19.2 Å². The number of hydrogen-bond acceptors (Lipinski definition) is 2. The van der Waals surface area contributed by atoms with Crippen molar-refractivity contribution in [1.82, 2.24) is 4.57 Å². The van der Waals surface area contributed by atoms with E-state index in [0.717, 1.165) is 5.56 Å². The van der Waals surface area contributed by atoms with Gasteiger partial charge in [-0.1, -0.05) is 11.6 Å². The molecule has 2 rings (SSSR count). The summed E-state index contributed by atoms with van der Waals surface area (Å²) in [4.78, 5) is 11.4. The number of hydrogen-bond donors (Lipinski definition) is 2. The molecule has 0 radical (unpaired) electrons. The van der Waals surface area contributed by atoms with Crippen molar-refractivity contribution in [2.24, 2.45) is 12.2 Å². The summed E-state index contributed by atoms with van der Waals surface area (Å²) in [7, 11) is -0.202. The molecule has 0 amide bonds. The van der Waals surface area contributed by atoms with Crippen LogP contribution in [0.2, 0.25) is 0 Å². The number of nitrogens with zero attached hydrogens (tertiary/aromatic N) is 1. The fourth-order valence-corrected chi connectivity index (χ4v) is 2.76. The molecule has 0 spiro atoms. The number of carbonyl (C=O) groups is 1. The van der Waals surface area contributed by atoms with Gasteiger partial charge in [0.15, 0.2) is 0 Å². The molecule has 0 saturated carbocycles. The van der Waals surface area contributed by atoms with Crippen LogP contribution in [-0.2, 0) is 18.0 Å². The Kier molecular flexibility index (Phi) is 2.76. The third-order valence-corrected chi connectivity index (χ3v) is 3.53. The van der Waals surface area contributed by atoms with Gasteiger partial charge >= 0.3 is 5.97 Å². The lowest BCUT2D eigenvalue weighted by molar-refractivity contribution is 0.0683. The molecule has 5 nitrogen and oxygen atoms in total. The molecule has 0 aliphatic carbocycles. The maximum absolute atomic E-state index is 11.5. The lowest BCUT2D eigenvalue weighted by Gasteiger charge is -1.99. The molecule has 6 heteroatoms. The molecule has 1 unspecified atom stereocenters. The zero-order valence-corrected chi connectivity index (χ0v) is 10.2. The van der Waals surface area contributed by atoms with E-state index < -0.39 is 17.0 Å². The van der Waals surface area contributed by atoms with Gasteiger partial charge in [0, 0.05) is 18.0 Å². The first-order valence-electron chi connectivity index (χ1n) is 4.92. The smallest absolute Gasteiger partial charge is 0.353 e. The fraction of sp³-hybridized carbons (Fsp3) is 0.182. The SMILES string of the molecule is Cc1ccc2c(c1)c(S(N)=O)c(C(=O)O)n2C. The predicted molar refractivity (Wildman–Crippen MR) is 65.2 cm³/mol. The third kappa shape index (κ3) is 1.75. The molecule has 0 bridgehead atoms. The Labute approximate surface area is 100 Å². The van der Waals surface area contributed by atoms with Crippen LogP contribution in [0.4, 0.5) is 0 Å². The van der Waals surface area contributed by atoms with Crippen LogP contribution in [-0.4, -0.2) is 19.9 Å². The Morgan fingerprint density at radius 2 is 2.12 bits per heavy atom. The second-order valence-corrected chi connectivity index (χ2v) is 4.86. The average Bonchev–Trinajstić information content (AvgIpc) is 2.51. The Balaban J connectivity index is 2.99. The van der Waals surface area contributed by atoms with Gasteiger partial charge in [-0.15, -0.1) is 0 Å². The summed E-state index contributed by atoms with van der Waals surface area (Å²) in [5, 5.41) is 15.2. The van der Waals surface area contributed by atoms with Crippen LogP contribution < -0.4 is 5.14 Å². The minimum absolute atomic E-state index is 0.0218. The van der Waals surface area contributed by atoms with E-state index in [1.807, 2.05) is 13.0 Å². The topological polar surface area (TPSA) is 85.3 Å². The highest BCUT2D eigenvalue weighted by Gasteiger charge is 2.23. The van der Waals surface area contributed by atoms with E-state index in [0.29, 0.717) is 10.9 Å². The summed E-state index contributed by atoms with van der Waals surface area (Å²) in [6, 6.07) is 5.46. The number of carboxylic acid groups (broad SMARTS) is 1. The van der Waals surface area contributed by atoms with Crippen LogP contribution in [0.1, 0.15) is 16.1 Å². The fourth-order valence-electron chi connectivity index (χ4n) is 1.97. The van der Waals surface area contributed by atoms with Gasteiger partial charge < -0.3 is 9.67 Å². The summed E-state index contributed by atoms with van der Waals surface area (Å²) in [5.74, 6) is -1.13. The molecule has 1 aromatic heterocycles. The van der Waals surface area contributed by atoms with E-state index in [-0.39, 0.29) is 10.6 Å². The normalized spacial score (nSPS) is 12.9. The van der Waals surface area contributed by atoms with Crippen molar-refractivity contribution in [3.8, 4) is 0 Å².